The highest BCUT2D eigenvalue weighted by Crippen LogP contribution is 2.41. The maximum Gasteiger partial charge on any atom is 0.326 e. The van der Waals surface area contributed by atoms with Gasteiger partial charge in [-0.25, -0.2) is 4.79 Å². The summed E-state index contributed by atoms with van der Waals surface area (Å²) >= 11 is 0. The summed E-state index contributed by atoms with van der Waals surface area (Å²) in [6, 6.07) is 7.51. The van der Waals surface area contributed by atoms with E-state index in [1.165, 1.54) is 50.5 Å². The molecule has 0 saturated heterocycles. The molecular weight excluding hydrogens is 376 g/mol. The third-order valence-corrected chi connectivity index (χ3v) is 7.26. The number of aliphatic carboxylic acids is 1. The molecule has 5 heteroatoms. The SMILES string of the molecule is NCCC1(C(=O)N[C@@H](Cc2ccc(C3CCCCCCC3)cc2)C(=O)O)CCCC1. The summed E-state index contributed by atoms with van der Waals surface area (Å²) in [4.78, 5) is 24.8. The van der Waals surface area contributed by atoms with Crippen LogP contribution in [0.4, 0.5) is 0 Å². The molecule has 2 aliphatic carbocycles. The van der Waals surface area contributed by atoms with E-state index in [0.29, 0.717) is 25.3 Å². The Hall–Kier alpha value is -1.88. The largest absolute Gasteiger partial charge is 0.480 e. The molecule has 0 radical (unpaired) electrons. The lowest BCUT2D eigenvalue weighted by atomic mass is 9.81. The highest BCUT2D eigenvalue weighted by Gasteiger charge is 2.41. The predicted octanol–water partition coefficient (Wildman–Crippen LogP) is 4.54. The van der Waals surface area contributed by atoms with E-state index in [1.54, 1.807) is 0 Å². The van der Waals surface area contributed by atoms with Crippen molar-refractivity contribution in [2.45, 2.75) is 95.4 Å². The molecule has 2 saturated carbocycles. The van der Waals surface area contributed by atoms with Gasteiger partial charge in [-0.2, -0.15) is 0 Å². The van der Waals surface area contributed by atoms with Crippen LogP contribution < -0.4 is 11.1 Å². The summed E-state index contributed by atoms with van der Waals surface area (Å²) < 4.78 is 0. The Balaban J connectivity index is 1.63. The Morgan fingerprint density at radius 2 is 1.60 bits per heavy atom. The molecule has 5 nitrogen and oxygen atoms in total. The van der Waals surface area contributed by atoms with E-state index in [4.69, 9.17) is 5.73 Å². The fourth-order valence-electron chi connectivity index (χ4n) is 5.38. The second-order valence-corrected chi connectivity index (χ2v) is 9.38. The maximum absolute atomic E-state index is 13.0. The van der Waals surface area contributed by atoms with Crippen molar-refractivity contribution >= 4 is 11.9 Å². The first kappa shape index (κ1) is 22.8. The molecule has 0 heterocycles. The van der Waals surface area contributed by atoms with Crippen LogP contribution >= 0.6 is 0 Å². The minimum atomic E-state index is -0.978. The zero-order valence-electron chi connectivity index (χ0n) is 18.2. The van der Waals surface area contributed by atoms with Crippen LogP contribution in [-0.4, -0.2) is 29.6 Å². The van der Waals surface area contributed by atoms with Crippen LogP contribution in [0.3, 0.4) is 0 Å². The molecule has 1 aromatic carbocycles. The van der Waals surface area contributed by atoms with E-state index in [1.807, 2.05) is 12.1 Å². The van der Waals surface area contributed by atoms with Gasteiger partial charge in [0.05, 0.1) is 5.41 Å². The average Bonchev–Trinajstić information content (AvgIpc) is 3.18. The molecule has 0 unspecified atom stereocenters. The summed E-state index contributed by atoms with van der Waals surface area (Å²) in [6.07, 6.45) is 13.7. The fourth-order valence-corrected chi connectivity index (χ4v) is 5.38. The predicted molar refractivity (Wildman–Crippen MR) is 119 cm³/mol. The van der Waals surface area contributed by atoms with Gasteiger partial charge in [-0.3, -0.25) is 4.79 Å². The maximum atomic E-state index is 13.0. The molecule has 1 amide bonds. The number of benzene rings is 1. The van der Waals surface area contributed by atoms with Gasteiger partial charge in [-0.15, -0.1) is 0 Å². The molecule has 0 aliphatic heterocycles. The molecule has 2 fully saturated rings. The number of carbonyl (C=O) groups is 2. The Bertz CT molecular complexity index is 687. The van der Waals surface area contributed by atoms with Gasteiger partial charge in [-0.05, 0) is 55.7 Å². The van der Waals surface area contributed by atoms with Gasteiger partial charge in [0.1, 0.15) is 6.04 Å². The monoisotopic (exact) mass is 414 g/mol. The molecule has 1 atom stereocenters. The third kappa shape index (κ3) is 5.84. The quantitative estimate of drug-likeness (QED) is 0.582. The summed E-state index contributed by atoms with van der Waals surface area (Å²) in [5.74, 6) is -0.495. The lowest BCUT2D eigenvalue weighted by molar-refractivity contribution is -0.144. The van der Waals surface area contributed by atoms with E-state index in [0.717, 1.165) is 31.2 Å². The van der Waals surface area contributed by atoms with Crippen LogP contribution in [0.15, 0.2) is 24.3 Å². The highest BCUT2D eigenvalue weighted by molar-refractivity contribution is 5.87. The standard InChI is InChI=1S/C25H38N2O3/c26-17-16-25(14-6-7-15-25)24(30)27-22(23(28)29)18-19-10-12-21(13-11-19)20-8-4-2-1-3-5-9-20/h10-13,20,22H,1-9,14-18,26H2,(H,27,30)(H,28,29)/t22-/m0/s1. The van der Waals surface area contributed by atoms with Gasteiger partial charge in [0.2, 0.25) is 5.91 Å². The Labute approximate surface area is 180 Å². The minimum Gasteiger partial charge on any atom is -0.480 e. The lowest BCUT2D eigenvalue weighted by Gasteiger charge is -2.29. The molecule has 2 aliphatic rings. The number of amides is 1. The van der Waals surface area contributed by atoms with E-state index in [-0.39, 0.29) is 5.91 Å². The number of rotatable bonds is 8. The molecule has 30 heavy (non-hydrogen) atoms. The molecule has 0 spiro atoms. The first-order valence-electron chi connectivity index (χ1n) is 11.9. The van der Waals surface area contributed by atoms with Crippen molar-refractivity contribution in [1.82, 2.24) is 5.32 Å². The number of carboxylic acids is 1. The first-order valence-corrected chi connectivity index (χ1v) is 11.9. The van der Waals surface area contributed by atoms with E-state index in [9.17, 15) is 14.7 Å². The lowest BCUT2D eigenvalue weighted by Crippen LogP contribution is -2.49. The Morgan fingerprint density at radius 3 is 2.17 bits per heavy atom. The van der Waals surface area contributed by atoms with Crippen LogP contribution in [0.2, 0.25) is 0 Å². The summed E-state index contributed by atoms with van der Waals surface area (Å²) in [6.45, 7) is 0.452. The number of carboxylic acid groups (broad SMARTS) is 1. The summed E-state index contributed by atoms with van der Waals surface area (Å²) in [5, 5.41) is 12.5. The highest BCUT2D eigenvalue weighted by atomic mass is 16.4. The van der Waals surface area contributed by atoms with Crippen molar-refractivity contribution in [3.63, 3.8) is 0 Å². The van der Waals surface area contributed by atoms with Gasteiger partial charge < -0.3 is 16.2 Å². The van der Waals surface area contributed by atoms with Gasteiger partial charge in [0, 0.05) is 6.42 Å². The first-order chi connectivity index (χ1) is 14.5. The van der Waals surface area contributed by atoms with Crippen molar-refractivity contribution in [3.8, 4) is 0 Å². The summed E-state index contributed by atoms with van der Waals surface area (Å²) in [7, 11) is 0. The molecule has 0 bridgehead atoms. The van der Waals surface area contributed by atoms with Crippen LogP contribution in [0.1, 0.15) is 94.1 Å². The van der Waals surface area contributed by atoms with E-state index < -0.39 is 17.4 Å². The molecule has 3 rings (SSSR count). The van der Waals surface area contributed by atoms with E-state index >= 15 is 0 Å². The van der Waals surface area contributed by atoms with Gasteiger partial charge in [-0.1, -0.05) is 69.2 Å². The van der Waals surface area contributed by atoms with Gasteiger partial charge in [0.15, 0.2) is 0 Å². The number of nitrogens with one attached hydrogen (secondary N) is 1. The van der Waals surface area contributed by atoms with Crippen LogP contribution in [0, 0.1) is 5.41 Å². The Kier molecular flexibility index (Phi) is 8.32. The van der Waals surface area contributed by atoms with Crippen molar-refractivity contribution in [2.75, 3.05) is 6.54 Å². The topological polar surface area (TPSA) is 92.4 Å². The number of hydrogen-bond donors (Lipinski definition) is 3. The van der Waals surface area contributed by atoms with E-state index in [2.05, 4.69) is 17.4 Å². The van der Waals surface area contributed by atoms with Crippen LogP contribution in [0.25, 0.3) is 0 Å². The Morgan fingerprint density at radius 1 is 1.00 bits per heavy atom. The fraction of sp³-hybridized carbons (Fsp3) is 0.680. The minimum absolute atomic E-state index is 0.135. The van der Waals surface area contributed by atoms with Crippen molar-refractivity contribution in [2.24, 2.45) is 11.1 Å². The normalized spacial score (nSPS) is 20.8. The zero-order valence-corrected chi connectivity index (χ0v) is 18.2. The molecule has 4 N–H and O–H groups in total. The zero-order chi connectivity index (χ0) is 21.4. The molecular formula is C25H38N2O3. The average molecular weight is 415 g/mol. The van der Waals surface area contributed by atoms with Crippen molar-refractivity contribution in [1.29, 1.82) is 0 Å². The number of nitrogens with two attached hydrogens (primary N) is 1. The smallest absolute Gasteiger partial charge is 0.326 e. The van der Waals surface area contributed by atoms with Crippen molar-refractivity contribution < 1.29 is 14.7 Å². The summed E-state index contributed by atoms with van der Waals surface area (Å²) in [5.41, 5.74) is 7.58. The molecule has 166 valence electrons. The third-order valence-electron chi connectivity index (χ3n) is 7.26. The molecule has 0 aromatic heterocycles. The number of hydrogen-bond acceptors (Lipinski definition) is 3. The number of carbonyl (C=O) groups excluding carboxylic acids is 1. The molecule has 1 aromatic rings. The van der Waals surface area contributed by atoms with Gasteiger partial charge >= 0.3 is 5.97 Å². The van der Waals surface area contributed by atoms with Crippen LogP contribution in [-0.2, 0) is 16.0 Å². The second kappa shape index (κ2) is 10.9. The van der Waals surface area contributed by atoms with Gasteiger partial charge in [0.25, 0.3) is 0 Å². The van der Waals surface area contributed by atoms with Crippen molar-refractivity contribution in [3.05, 3.63) is 35.4 Å². The van der Waals surface area contributed by atoms with Crippen LogP contribution in [0.5, 0.6) is 0 Å². The second-order valence-electron chi connectivity index (χ2n) is 9.38.